The van der Waals surface area contributed by atoms with Crippen molar-refractivity contribution >= 4 is 23.5 Å². The quantitative estimate of drug-likeness (QED) is 0.602. The largest absolute Gasteiger partial charge is 0.481 e. The van der Waals surface area contributed by atoms with Gasteiger partial charge in [0.2, 0.25) is 5.91 Å². The van der Waals surface area contributed by atoms with Gasteiger partial charge in [-0.05, 0) is 58.3 Å². The number of nitrogens with one attached hydrogen (secondary N) is 2. The van der Waals surface area contributed by atoms with Crippen LogP contribution in [0.3, 0.4) is 0 Å². The first-order valence-electron chi connectivity index (χ1n) is 11.4. The van der Waals surface area contributed by atoms with Gasteiger partial charge in [-0.15, -0.1) is 0 Å². The molecule has 168 valence electrons. The first-order valence-corrected chi connectivity index (χ1v) is 11.4. The number of aliphatic carboxylic acids is 1. The smallest absolute Gasteiger partial charge is 0.307 e. The van der Waals surface area contributed by atoms with Gasteiger partial charge in [0.25, 0.3) is 5.91 Å². The fourth-order valence-corrected chi connectivity index (χ4v) is 5.99. The molecule has 31 heavy (non-hydrogen) atoms. The van der Waals surface area contributed by atoms with E-state index >= 15 is 0 Å². The van der Waals surface area contributed by atoms with Gasteiger partial charge in [-0.25, -0.2) is 0 Å². The average Bonchev–Trinajstić information content (AvgIpc) is 3.49. The molecule has 0 aromatic carbocycles. The summed E-state index contributed by atoms with van der Waals surface area (Å²) >= 11 is 0. The Hall–Kier alpha value is -2.64. The zero-order chi connectivity index (χ0) is 22.3. The van der Waals surface area contributed by atoms with Crippen molar-refractivity contribution in [3.8, 4) is 0 Å². The second kappa shape index (κ2) is 8.48. The molecule has 4 atom stereocenters. The summed E-state index contributed by atoms with van der Waals surface area (Å²) in [7, 11) is 0. The molecule has 0 radical (unpaired) electrons. The molecule has 3 aliphatic rings. The highest BCUT2D eigenvalue weighted by Crippen LogP contribution is 2.57. The number of aryl methyl sites for hydroxylation is 1. The minimum Gasteiger partial charge on any atom is -0.481 e. The predicted octanol–water partition coefficient (Wildman–Crippen LogP) is 3.21. The topological polar surface area (TPSA) is 113 Å². The molecule has 1 heterocycles. The van der Waals surface area contributed by atoms with E-state index < -0.39 is 17.8 Å². The summed E-state index contributed by atoms with van der Waals surface area (Å²) in [6.07, 6.45) is 7.42. The third kappa shape index (κ3) is 3.88. The van der Waals surface area contributed by atoms with E-state index in [1.165, 1.54) is 0 Å². The standard InChI is InChI=1S/C23H32N4O4/c1-4-27-11-16(20(26-27)22(29)24-13-7-5-6-8-13)25-21(28)18-14-9-10-15(17(14)12(2)3)19(18)23(30)31/h11,13-15,18-19H,4-10H2,1-3H3,(H,24,29)(H,25,28)(H,30,31)/t14-,15-,18-,19+/m1/s1. The van der Waals surface area contributed by atoms with E-state index in [1.54, 1.807) is 10.9 Å². The Kier molecular flexibility index (Phi) is 5.90. The zero-order valence-corrected chi connectivity index (χ0v) is 18.5. The van der Waals surface area contributed by atoms with Crippen molar-refractivity contribution in [3.05, 3.63) is 23.0 Å². The van der Waals surface area contributed by atoms with Gasteiger partial charge in [0.05, 0.1) is 17.5 Å². The fraction of sp³-hybridized carbons (Fsp3) is 0.652. The molecule has 0 saturated heterocycles. The molecule has 2 bridgehead atoms. The number of carboxylic acids is 1. The van der Waals surface area contributed by atoms with E-state index in [4.69, 9.17) is 0 Å². The van der Waals surface area contributed by atoms with Crippen molar-refractivity contribution in [1.82, 2.24) is 15.1 Å². The number of fused-ring (bicyclic) bond motifs is 2. The highest BCUT2D eigenvalue weighted by molar-refractivity contribution is 6.04. The number of carbonyl (C=O) groups excluding carboxylic acids is 2. The molecule has 8 heteroatoms. The number of rotatable bonds is 6. The van der Waals surface area contributed by atoms with Crippen LogP contribution in [-0.2, 0) is 16.1 Å². The van der Waals surface area contributed by atoms with Crippen LogP contribution in [0.15, 0.2) is 17.3 Å². The maximum atomic E-state index is 13.3. The average molecular weight is 429 g/mol. The molecule has 2 amide bonds. The van der Waals surface area contributed by atoms with Crippen molar-refractivity contribution in [3.63, 3.8) is 0 Å². The number of carbonyl (C=O) groups is 3. The Morgan fingerprint density at radius 3 is 2.32 bits per heavy atom. The van der Waals surface area contributed by atoms with E-state index in [0.717, 1.165) is 49.7 Å². The van der Waals surface area contributed by atoms with Crippen molar-refractivity contribution in [2.24, 2.45) is 23.7 Å². The molecule has 0 spiro atoms. The van der Waals surface area contributed by atoms with E-state index in [0.29, 0.717) is 12.2 Å². The molecular formula is C23H32N4O4. The summed E-state index contributed by atoms with van der Waals surface area (Å²) in [4.78, 5) is 38.3. The van der Waals surface area contributed by atoms with Gasteiger partial charge in [0, 0.05) is 18.8 Å². The molecule has 3 fully saturated rings. The SMILES string of the molecule is CCn1cc(NC(=O)[C@H]2[C@@H](C(=O)O)[C@@H]3CC[C@@H]2C3=C(C)C)c(C(=O)NC2CCCC2)n1. The van der Waals surface area contributed by atoms with Gasteiger partial charge >= 0.3 is 5.97 Å². The number of nitrogens with zero attached hydrogens (tertiary/aromatic N) is 2. The molecule has 0 unspecified atom stereocenters. The fourth-order valence-electron chi connectivity index (χ4n) is 5.99. The monoisotopic (exact) mass is 428 g/mol. The Morgan fingerprint density at radius 2 is 1.74 bits per heavy atom. The van der Waals surface area contributed by atoms with Crippen LogP contribution in [0.2, 0.25) is 0 Å². The van der Waals surface area contributed by atoms with Gasteiger partial charge in [0.15, 0.2) is 5.69 Å². The Balaban J connectivity index is 1.58. The third-order valence-corrected chi connectivity index (χ3v) is 7.26. The second-order valence-electron chi connectivity index (χ2n) is 9.33. The van der Waals surface area contributed by atoms with E-state index in [9.17, 15) is 19.5 Å². The van der Waals surface area contributed by atoms with Gasteiger partial charge in [-0.1, -0.05) is 24.0 Å². The van der Waals surface area contributed by atoms with Crippen molar-refractivity contribution < 1.29 is 19.5 Å². The second-order valence-corrected chi connectivity index (χ2v) is 9.33. The number of carboxylic acid groups (broad SMARTS) is 1. The summed E-state index contributed by atoms with van der Waals surface area (Å²) in [6.45, 7) is 6.47. The summed E-state index contributed by atoms with van der Waals surface area (Å²) < 4.78 is 1.62. The number of allylic oxidation sites excluding steroid dienone is 2. The molecule has 3 N–H and O–H groups in total. The maximum Gasteiger partial charge on any atom is 0.307 e. The summed E-state index contributed by atoms with van der Waals surface area (Å²) in [5, 5.41) is 20.1. The lowest BCUT2D eigenvalue weighted by molar-refractivity contribution is -0.148. The first kappa shape index (κ1) is 21.6. The normalized spacial score (nSPS) is 27.5. The maximum absolute atomic E-state index is 13.3. The van der Waals surface area contributed by atoms with Crippen LogP contribution in [0.4, 0.5) is 5.69 Å². The molecule has 0 aliphatic heterocycles. The van der Waals surface area contributed by atoms with Gasteiger partial charge < -0.3 is 15.7 Å². The Morgan fingerprint density at radius 1 is 1.10 bits per heavy atom. The molecule has 4 rings (SSSR count). The zero-order valence-electron chi connectivity index (χ0n) is 18.5. The van der Waals surface area contributed by atoms with E-state index in [2.05, 4.69) is 15.7 Å². The highest BCUT2D eigenvalue weighted by Gasteiger charge is 2.57. The Bertz CT molecular complexity index is 924. The van der Waals surface area contributed by atoms with Crippen LogP contribution >= 0.6 is 0 Å². The van der Waals surface area contributed by atoms with Crippen LogP contribution in [0.5, 0.6) is 0 Å². The van der Waals surface area contributed by atoms with Crippen molar-refractivity contribution in [1.29, 1.82) is 0 Å². The summed E-state index contributed by atoms with van der Waals surface area (Å²) in [6, 6.07) is 0.144. The number of hydrogen-bond acceptors (Lipinski definition) is 4. The van der Waals surface area contributed by atoms with Gasteiger partial charge in [-0.3, -0.25) is 19.1 Å². The summed E-state index contributed by atoms with van der Waals surface area (Å²) in [5.41, 5.74) is 2.80. The van der Waals surface area contributed by atoms with E-state index in [-0.39, 0.29) is 35.4 Å². The lowest BCUT2D eigenvalue weighted by Crippen LogP contribution is -2.38. The third-order valence-electron chi connectivity index (χ3n) is 7.26. The minimum absolute atomic E-state index is 0.0481. The lowest BCUT2D eigenvalue weighted by atomic mass is 9.78. The molecule has 3 aliphatic carbocycles. The highest BCUT2D eigenvalue weighted by atomic mass is 16.4. The number of hydrogen-bond donors (Lipinski definition) is 3. The summed E-state index contributed by atoms with van der Waals surface area (Å²) in [5.74, 6) is -3.02. The lowest BCUT2D eigenvalue weighted by Gasteiger charge is -2.26. The van der Waals surface area contributed by atoms with Crippen LogP contribution in [0, 0.1) is 23.7 Å². The number of aromatic nitrogens is 2. The van der Waals surface area contributed by atoms with E-state index in [1.807, 2.05) is 20.8 Å². The van der Waals surface area contributed by atoms with Crippen molar-refractivity contribution in [2.75, 3.05) is 5.32 Å². The van der Waals surface area contributed by atoms with Crippen LogP contribution in [0.1, 0.15) is 69.8 Å². The number of amides is 2. The molecule has 3 saturated carbocycles. The van der Waals surface area contributed by atoms with Crippen LogP contribution in [0.25, 0.3) is 0 Å². The molecule has 1 aromatic rings. The van der Waals surface area contributed by atoms with Gasteiger partial charge in [0.1, 0.15) is 0 Å². The van der Waals surface area contributed by atoms with Crippen LogP contribution in [-0.4, -0.2) is 38.7 Å². The number of anilines is 1. The Labute approximate surface area is 182 Å². The molecule has 8 nitrogen and oxygen atoms in total. The molecule has 1 aromatic heterocycles. The minimum atomic E-state index is -0.922. The van der Waals surface area contributed by atoms with Crippen molar-refractivity contribution in [2.45, 2.75) is 71.9 Å². The predicted molar refractivity (Wildman–Crippen MR) is 115 cm³/mol. The first-order chi connectivity index (χ1) is 14.8. The van der Waals surface area contributed by atoms with Gasteiger partial charge in [-0.2, -0.15) is 5.10 Å². The van der Waals surface area contributed by atoms with Crippen LogP contribution < -0.4 is 10.6 Å². The molecular weight excluding hydrogens is 396 g/mol.